The number of aryl methyl sites for hydroxylation is 2. The molecule has 100 valence electrons. The summed E-state index contributed by atoms with van der Waals surface area (Å²) < 4.78 is 0. The molecule has 0 radical (unpaired) electrons. The van der Waals surface area contributed by atoms with Crippen LogP contribution in [-0.2, 0) is 11.3 Å². The second-order valence-electron chi connectivity index (χ2n) is 5.07. The van der Waals surface area contributed by atoms with Gasteiger partial charge in [0.2, 0.25) is 0 Å². The van der Waals surface area contributed by atoms with Crippen LogP contribution in [0.1, 0.15) is 34.8 Å². The van der Waals surface area contributed by atoms with Gasteiger partial charge in [0.1, 0.15) is 5.01 Å². The Balaban J connectivity index is 1.81. The third kappa shape index (κ3) is 3.53. The van der Waals surface area contributed by atoms with Crippen LogP contribution >= 0.6 is 11.3 Å². The van der Waals surface area contributed by atoms with Gasteiger partial charge in [-0.05, 0) is 45.7 Å². The Kier molecular flexibility index (Phi) is 4.35. The lowest BCUT2D eigenvalue weighted by Crippen LogP contribution is -2.33. The summed E-state index contributed by atoms with van der Waals surface area (Å²) in [5.74, 6) is -0.307. The van der Waals surface area contributed by atoms with E-state index in [4.69, 9.17) is 5.11 Å². The molecule has 1 aliphatic rings. The molecular formula is C13H20N2O2S. The predicted molar refractivity (Wildman–Crippen MR) is 71.8 cm³/mol. The summed E-state index contributed by atoms with van der Waals surface area (Å²) in [6.07, 6.45) is 2.31. The molecule has 0 spiro atoms. The molecule has 1 N–H and O–H groups in total. The van der Waals surface area contributed by atoms with Crippen molar-refractivity contribution in [3.63, 3.8) is 0 Å². The van der Waals surface area contributed by atoms with Crippen LogP contribution in [-0.4, -0.2) is 34.0 Å². The smallest absolute Gasteiger partial charge is 0.303 e. The quantitative estimate of drug-likeness (QED) is 0.911. The maximum absolute atomic E-state index is 10.7. The summed E-state index contributed by atoms with van der Waals surface area (Å²) in [6, 6.07) is 0. The van der Waals surface area contributed by atoms with Crippen molar-refractivity contribution in [1.29, 1.82) is 0 Å². The van der Waals surface area contributed by atoms with Gasteiger partial charge in [-0.15, -0.1) is 11.3 Å². The normalized spacial score (nSPS) is 18.1. The maximum atomic E-state index is 10.7. The fourth-order valence-corrected chi connectivity index (χ4v) is 3.37. The number of carboxylic acid groups (broad SMARTS) is 1. The number of hydrogen-bond acceptors (Lipinski definition) is 4. The van der Waals surface area contributed by atoms with E-state index in [0.29, 0.717) is 12.3 Å². The molecule has 0 bridgehead atoms. The SMILES string of the molecule is Cc1nc(CN2CCC(CC(=O)O)CC2)sc1C. The van der Waals surface area contributed by atoms with Gasteiger partial charge < -0.3 is 5.11 Å². The van der Waals surface area contributed by atoms with Crippen LogP contribution in [0.3, 0.4) is 0 Å². The average molecular weight is 268 g/mol. The highest BCUT2D eigenvalue weighted by atomic mass is 32.1. The van der Waals surface area contributed by atoms with Crippen LogP contribution in [0.15, 0.2) is 0 Å². The molecule has 2 rings (SSSR count). The van der Waals surface area contributed by atoms with Crippen LogP contribution < -0.4 is 0 Å². The summed E-state index contributed by atoms with van der Waals surface area (Å²) in [6.45, 7) is 7.06. The number of hydrogen-bond donors (Lipinski definition) is 1. The highest BCUT2D eigenvalue weighted by Crippen LogP contribution is 2.23. The van der Waals surface area contributed by atoms with Gasteiger partial charge in [-0.3, -0.25) is 9.69 Å². The van der Waals surface area contributed by atoms with Gasteiger partial charge in [-0.1, -0.05) is 0 Å². The van der Waals surface area contributed by atoms with Crippen LogP contribution in [0.25, 0.3) is 0 Å². The lowest BCUT2D eigenvalue weighted by Gasteiger charge is -2.30. The van der Waals surface area contributed by atoms with E-state index in [-0.39, 0.29) is 0 Å². The molecule has 0 atom stereocenters. The van der Waals surface area contributed by atoms with Crippen molar-refractivity contribution in [2.45, 2.75) is 39.7 Å². The van der Waals surface area contributed by atoms with Crippen molar-refractivity contribution in [2.24, 2.45) is 5.92 Å². The molecule has 1 aromatic heterocycles. The summed E-state index contributed by atoms with van der Waals surface area (Å²) in [5.41, 5.74) is 1.13. The Morgan fingerprint density at radius 2 is 2.11 bits per heavy atom. The van der Waals surface area contributed by atoms with E-state index in [2.05, 4.69) is 23.7 Å². The van der Waals surface area contributed by atoms with E-state index in [1.54, 1.807) is 11.3 Å². The number of aromatic nitrogens is 1. The van der Waals surface area contributed by atoms with Gasteiger partial charge in [-0.2, -0.15) is 0 Å². The van der Waals surface area contributed by atoms with Gasteiger partial charge in [0.15, 0.2) is 0 Å². The number of likely N-dealkylation sites (tertiary alicyclic amines) is 1. The molecule has 5 heteroatoms. The molecule has 4 nitrogen and oxygen atoms in total. The van der Waals surface area contributed by atoms with Crippen molar-refractivity contribution in [3.8, 4) is 0 Å². The first-order valence-electron chi connectivity index (χ1n) is 6.41. The summed E-state index contributed by atoms with van der Waals surface area (Å²) in [7, 11) is 0. The van der Waals surface area contributed by atoms with Crippen molar-refractivity contribution in [3.05, 3.63) is 15.6 Å². The average Bonchev–Trinajstić information content (AvgIpc) is 2.60. The molecule has 18 heavy (non-hydrogen) atoms. The maximum Gasteiger partial charge on any atom is 0.303 e. The highest BCUT2D eigenvalue weighted by Gasteiger charge is 2.21. The van der Waals surface area contributed by atoms with Gasteiger partial charge in [0.25, 0.3) is 0 Å². The summed E-state index contributed by atoms with van der Waals surface area (Å²) in [4.78, 5) is 18.9. The van der Waals surface area contributed by atoms with Gasteiger partial charge >= 0.3 is 5.97 Å². The van der Waals surface area contributed by atoms with Crippen molar-refractivity contribution in [2.75, 3.05) is 13.1 Å². The minimum Gasteiger partial charge on any atom is -0.481 e. The Bertz CT molecular complexity index is 403. The topological polar surface area (TPSA) is 53.4 Å². The predicted octanol–water partition coefficient (Wildman–Crippen LogP) is 2.45. The van der Waals surface area contributed by atoms with Gasteiger partial charge in [0.05, 0.1) is 12.2 Å². The zero-order chi connectivity index (χ0) is 13.1. The van der Waals surface area contributed by atoms with E-state index >= 15 is 0 Å². The molecule has 0 saturated carbocycles. The number of thiazole rings is 1. The second-order valence-corrected chi connectivity index (χ2v) is 6.35. The van der Waals surface area contributed by atoms with Crippen LogP contribution in [0, 0.1) is 19.8 Å². The number of piperidine rings is 1. The Morgan fingerprint density at radius 1 is 1.44 bits per heavy atom. The minimum absolute atomic E-state index is 0.323. The standard InChI is InChI=1S/C13H20N2O2S/c1-9-10(2)18-12(14-9)8-15-5-3-11(4-6-15)7-13(16)17/h11H,3-8H2,1-2H3,(H,16,17). The third-order valence-electron chi connectivity index (χ3n) is 3.60. The van der Waals surface area contributed by atoms with E-state index in [1.807, 2.05) is 0 Å². The van der Waals surface area contributed by atoms with Crippen LogP contribution in [0.4, 0.5) is 0 Å². The third-order valence-corrected chi connectivity index (χ3v) is 4.66. The number of carbonyl (C=O) groups is 1. The van der Waals surface area contributed by atoms with E-state index in [0.717, 1.165) is 38.2 Å². The van der Waals surface area contributed by atoms with Gasteiger partial charge in [0, 0.05) is 11.3 Å². The molecule has 2 heterocycles. The highest BCUT2D eigenvalue weighted by molar-refractivity contribution is 7.11. The fraction of sp³-hybridized carbons (Fsp3) is 0.692. The second kappa shape index (κ2) is 5.80. The lowest BCUT2D eigenvalue weighted by molar-refractivity contribution is -0.138. The number of carboxylic acids is 1. The number of rotatable bonds is 4. The summed E-state index contributed by atoms with van der Waals surface area (Å²) >= 11 is 1.77. The first kappa shape index (κ1) is 13.5. The minimum atomic E-state index is -0.667. The first-order chi connectivity index (χ1) is 8.54. The van der Waals surface area contributed by atoms with E-state index < -0.39 is 5.97 Å². The fourth-order valence-electron chi connectivity index (χ4n) is 2.39. The Labute approximate surface area is 112 Å². The molecular weight excluding hydrogens is 248 g/mol. The molecule has 1 aliphatic heterocycles. The van der Waals surface area contributed by atoms with Crippen LogP contribution in [0.5, 0.6) is 0 Å². The van der Waals surface area contributed by atoms with Crippen molar-refractivity contribution < 1.29 is 9.90 Å². The zero-order valence-corrected chi connectivity index (χ0v) is 11.8. The molecule has 0 aliphatic carbocycles. The molecule has 1 saturated heterocycles. The Hall–Kier alpha value is -0.940. The zero-order valence-electron chi connectivity index (χ0n) is 11.0. The first-order valence-corrected chi connectivity index (χ1v) is 7.23. The molecule has 1 aromatic rings. The number of nitrogens with zero attached hydrogens (tertiary/aromatic N) is 2. The molecule has 0 aromatic carbocycles. The van der Waals surface area contributed by atoms with Gasteiger partial charge in [-0.25, -0.2) is 4.98 Å². The van der Waals surface area contributed by atoms with Crippen LogP contribution in [0.2, 0.25) is 0 Å². The van der Waals surface area contributed by atoms with E-state index in [9.17, 15) is 4.79 Å². The number of aliphatic carboxylic acids is 1. The lowest BCUT2D eigenvalue weighted by atomic mass is 9.94. The molecule has 0 amide bonds. The molecule has 1 fully saturated rings. The molecule has 0 unspecified atom stereocenters. The summed E-state index contributed by atoms with van der Waals surface area (Å²) in [5, 5.41) is 9.96. The monoisotopic (exact) mass is 268 g/mol. The van der Waals surface area contributed by atoms with Crippen molar-refractivity contribution in [1.82, 2.24) is 9.88 Å². The van der Waals surface area contributed by atoms with Crippen molar-refractivity contribution >= 4 is 17.3 Å². The largest absolute Gasteiger partial charge is 0.481 e. The van der Waals surface area contributed by atoms with E-state index in [1.165, 1.54) is 9.88 Å². The Morgan fingerprint density at radius 3 is 2.61 bits per heavy atom.